The molecule has 0 atom stereocenters. The molecule has 0 fully saturated rings. The summed E-state index contributed by atoms with van der Waals surface area (Å²) in [5.74, 6) is 0.0937. The number of carbonyl (C=O) groups is 2. The van der Waals surface area contributed by atoms with E-state index in [1.807, 2.05) is 13.8 Å². The summed E-state index contributed by atoms with van der Waals surface area (Å²) in [6.45, 7) is 4.21. The van der Waals surface area contributed by atoms with Gasteiger partial charge in [-0.3, -0.25) is 25.5 Å². The van der Waals surface area contributed by atoms with Crippen LogP contribution in [0.5, 0.6) is 0 Å². The van der Waals surface area contributed by atoms with Crippen molar-refractivity contribution in [3.05, 3.63) is 0 Å². The van der Waals surface area contributed by atoms with Gasteiger partial charge in [0.2, 0.25) is 11.9 Å². The molecule has 0 heterocycles. The summed E-state index contributed by atoms with van der Waals surface area (Å²) in [4.78, 5) is 26.0. The predicted octanol–water partition coefficient (Wildman–Crippen LogP) is -0.206. The first-order valence-electron chi connectivity index (χ1n) is 5.15. The Bertz CT molecular complexity index is 277. The molecule has 16 heavy (non-hydrogen) atoms. The van der Waals surface area contributed by atoms with Crippen LogP contribution in [0.15, 0.2) is 4.99 Å². The van der Waals surface area contributed by atoms with Gasteiger partial charge in [-0.05, 0) is 13.3 Å². The highest BCUT2D eigenvalue weighted by atomic mass is 16.2. The molecule has 0 aliphatic carbocycles. The van der Waals surface area contributed by atoms with Crippen LogP contribution >= 0.6 is 0 Å². The normalized spacial score (nSPS) is 10.8. The number of guanidine groups is 1. The van der Waals surface area contributed by atoms with Crippen molar-refractivity contribution in [3.8, 4) is 0 Å². The minimum atomic E-state index is -0.730. The lowest BCUT2D eigenvalue weighted by Crippen LogP contribution is -2.53. The molecule has 0 spiro atoms. The van der Waals surface area contributed by atoms with Crippen LogP contribution in [-0.4, -0.2) is 36.5 Å². The van der Waals surface area contributed by atoms with Crippen LogP contribution in [-0.2, 0) is 4.79 Å². The number of hydrogen-bond acceptors (Lipinski definition) is 3. The van der Waals surface area contributed by atoms with Gasteiger partial charge in [0.05, 0.1) is 0 Å². The average Bonchev–Trinajstić information content (AvgIpc) is 2.23. The number of rotatable bonds is 3. The van der Waals surface area contributed by atoms with Gasteiger partial charge in [-0.25, -0.2) is 4.79 Å². The summed E-state index contributed by atoms with van der Waals surface area (Å²) in [7, 11) is 1.48. The van der Waals surface area contributed by atoms with Crippen molar-refractivity contribution < 1.29 is 9.59 Å². The Morgan fingerprint density at radius 1 is 1.38 bits per heavy atom. The minimum Gasteiger partial charge on any atom is -0.351 e. The molecule has 0 saturated carbocycles. The Kier molecular flexibility index (Phi) is 6.66. The number of hydrazine groups is 1. The summed E-state index contributed by atoms with van der Waals surface area (Å²) < 4.78 is 0. The molecule has 0 aromatic rings. The zero-order valence-corrected chi connectivity index (χ0v) is 9.91. The topological polar surface area (TPSA) is 99.8 Å². The number of nitrogens with two attached hydrogens (primary N) is 1. The third kappa shape index (κ3) is 5.18. The number of amides is 3. The summed E-state index contributed by atoms with van der Waals surface area (Å²) in [6.07, 6.45) is 1.20. The van der Waals surface area contributed by atoms with E-state index >= 15 is 0 Å². The van der Waals surface area contributed by atoms with Crippen LogP contribution in [0.2, 0.25) is 0 Å². The first-order chi connectivity index (χ1) is 7.54. The van der Waals surface area contributed by atoms with Gasteiger partial charge < -0.3 is 5.73 Å². The molecular formula is C9H19N5O2. The number of nitrogens with zero attached hydrogens (tertiary/aromatic N) is 2. The van der Waals surface area contributed by atoms with Gasteiger partial charge in [0.25, 0.3) is 0 Å². The molecule has 92 valence electrons. The Morgan fingerprint density at radius 3 is 2.38 bits per heavy atom. The summed E-state index contributed by atoms with van der Waals surface area (Å²) in [6, 6.07) is -0.730. The highest BCUT2D eigenvalue weighted by molar-refractivity contribution is 5.96. The second-order valence-electron chi connectivity index (χ2n) is 3.06. The number of nitrogens with one attached hydrogen (secondary N) is 2. The Labute approximate surface area is 95.0 Å². The third-order valence-corrected chi connectivity index (χ3v) is 1.79. The van der Waals surface area contributed by atoms with E-state index in [9.17, 15) is 9.59 Å². The highest BCUT2D eigenvalue weighted by Crippen LogP contribution is 1.93. The summed E-state index contributed by atoms with van der Waals surface area (Å²) in [5.41, 5.74) is 7.64. The molecule has 0 unspecified atom stereocenters. The second-order valence-corrected chi connectivity index (χ2v) is 3.06. The summed E-state index contributed by atoms with van der Waals surface area (Å²) in [5, 5.41) is 3.65. The Morgan fingerprint density at radius 2 is 2.00 bits per heavy atom. The van der Waals surface area contributed by atoms with Gasteiger partial charge in [-0.2, -0.15) is 0 Å². The maximum Gasteiger partial charge on any atom is 0.318 e. The van der Waals surface area contributed by atoms with Crippen molar-refractivity contribution in [2.24, 2.45) is 10.7 Å². The Hall–Kier alpha value is -1.79. The fourth-order valence-corrected chi connectivity index (χ4v) is 1.04. The highest BCUT2D eigenvalue weighted by Gasteiger charge is 2.12. The lowest BCUT2D eigenvalue weighted by atomic mass is 10.3. The molecule has 0 aliphatic rings. The quantitative estimate of drug-likeness (QED) is 0.355. The summed E-state index contributed by atoms with van der Waals surface area (Å²) >= 11 is 0. The molecule has 0 aromatic carbocycles. The van der Waals surface area contributed by atoms with Crippen LogP contribution in [0.4, 0.5) is 4.79 Å². The number of aliphatic imine (C=N–C) groups is 1. The van der Waals surface area contributed by atoms with E-state index in [1.54, 1.807) is 0 Å². The standard InChI is InChI=1S/C9H19N5O2/c1-4-6-7(15)14(5-2)13-9(11-3)12-8(10)16/h4-6H2,1-3H3,(H4,10,11,12,13,16). The predicted molar refractivity (Wildman–Crippen MR) is 61.5 cm³/mol. The number of urea groups is 1. The average molecular weight is 229 g/mol. The van der Waals surface area contributed by atoms with Crippen LogP contribution in [0.25, 0.3) is 0 Å². The minimum absolute atomic E-state index is 0.0579. The molecule has 0 aromatic heterocycles. The van der Waals surface area contributed by atoms with Crippen molar-refractivity contribution in [1.82, 2.24) is 15.8 Å². The fraction of sp³-hybridized carbons (Fsp3) is 0.667. The SMILES string of the molecule is CCCC(=O)N(CC)NC(=NC)NC(N)=O. The van der Waals surface area contributed by atoms with E-state index in [4.69, 9.17) is 5.73 Å². The van der Waals surface area contributed by atoms with Gasteiger partial charge in [-0.1, -0.05) is 6.92 Å². The van der Waals surface area contributed by atoms with Gasteiger partial charge in [0, 0.05) is 20.0 Å². The van der Waals surface area contributed by atoms with E-state index < -0.39 is 6.03 Å². The molecule has 4 N–H and O–H groups in total. The zero-order chi connectivity index (χ0) is 12.6. The van der Waals surface area contributed by atoms with Crippen LogP contribution in [0.3, 0.4) is 0 Å². The van der Waals surface area contributed by atoms with Gasteiger partial charge in [-0.15, -0.1) is 0 Å². The lowest BCUT2D eigenvalue weighted by Gasteiger charge is -2.23. The van der Waals surface area contributed by atoms with E-state index in [-0.39, 0.29) is 11.9 Å². The van der Waals surface area contributed by atoms with Crippen molar-refractivity contribution in [2.75, 3.05) is 13.6 Å². The molecule has 7 nitrogen and oxygen atoms in total. The fourth-order valence-electron chi connectivity index (χ4n) is 1.04. The van der Waals surface area contributed by atoms with Gasteiger partial charge >= 0.3 is 6.03 Å². The number of hydrogen-bond donors (Lipinski definition) is 3. The van der Waals surface area contributed by atoms with E-state index in [2.05, 4.69) is 15.7 Å². The van der Waals surface area contributed by atoms with Crippen molar-refractivity contribution >= 4 is 17.9 Å². The third-order valence-electron chi connectivity index (χ3n) is 1.79. The molecule has 0 bridgehead atoms. The second kappa shape index (κ2) is 7.49. The first kappa shape index (κ1) is 14.2. The molecule has 3 amide bonds. The van der Waals surface area contributed by atoms with Crippen molar-refractivity contribution in [1.29, 1.82) is 0 Å². The number of primary amides is 1. The van der Waals surface area contributed by atoms with E-state index in [0.29, 0.717) is 13.0 Å². The largest absolute Gasteiger partial charge is 0.351 e. The van der Waals surface area contributed by atoms with Gasteiger partial charge in [0.1, 0.15) is 0 Å². The zero-order valence-electron chi connectivity index (χ0n) is 9.91. The van der Waals surface area contributed by atoms with Crippen LogP contribution < -0.4 is 16.5 Å². The Balaban J connectivity index is 4.39. The smallest absolute Gasteiger partial charge is 0.318 e. The lowest BCUT2D eigenvalue weighted by molar-refractivity contribution is -0.132. The molecule has 7 heteroatoms. The molecule has 0 rings (SSSR count). The van der Waals surface area contributed by atoms with Crippen LogP contribution in [0, 0.1) is 0 Å². The maximum absolute atomic E-state index is 11.6. The van der Waals surface area contributed by atoms with Crippen molar-refractivity contribution in [2.45, 2.75) is 26.7 Å². The molecule has 0 saturated heterocycles. The van der Waals surface area contributed by atoms with Crippen molar-refractivity contribution in [3.63, 3.8) is 0 Å². The molecule has 0 aliphatic heterocycles. The van der Waals surface area contributed by atoms with Crippen LogP contribution in [0.1, 0.15) is 26.7 Å². The van der Waals surface area contributed by atoms with E-state index in [1.165, 1.54) is 12.1 Å². The molecular weight excluding hydrogens is 210 g/mol. The van der Waals surface area contributed by atoms with E-state index in [0.717, 1.165) is 6.42 Å². The maximum atomic E-state index is 11.6. The molecule has 0 radical (unpaired) electrons. The first-order valence-corrected chi connectivity index (χ1v) is 5.15. The number of carbonyl (C=O) groups excluding carboxylic acids is 2. The van der Waals surface area contributed by atoms with Gasteiger partial charge in [0.15, 0.2) is 0 Å². The monoisotopic (exact) mass is 229 g/mol.